The van der Waals surface area contributed by atoms with Crippen LogP contribution in [0.1, 0.15) is 51.9 Å². The van der Waals surface area contributed by atoms with Crippen molar-refractivity contribution in [2.45, 2.75) is 84.0 Å². The summed E-state index contributed by atoms with van der Waals surface area (Å²) in [5, 5.41) is 71.9. The molecule has 0 spiro atoms. The van der Waals surface area contributed by atoms with Crippen molar-refractivity contribution in [1.82, 2.24) is 0 Å². The Balaban J connectivity index is 1.88. The van der Waals surface area contributed by atoms with Gasteiger partial charge in [0.1, 0.15) is 37.1 Å². The van der Waals surface area contributed by atoms with E-state index in [9.17, 15) is 50.1 Å². The van der Waals surface area contributed by atoms with E-state index in [0.29, 0.717) is 5.57 Å². The van der Waals surface area contributed by atoms with E-state index in [1.165, 1.54) is 33.8 Å². The molecule has 0 amide bonds. The van der Waals surface area contributed by atoms with E-state index in [2.05, 4.69) is 0 Å². The van der Waals surface area contributed by atoms with Gasteiger partial charge in [0.25, 0.3) is 0 Å². The number of aliphatic hydroxyl groups is 4. The van der Waals surface area contributed by atoms with Gasteiger partial charge >= 0.3 is 5.97 Å². The summed E-state index contributed by atoms with van der Waals surface area (Å²) < 4.78 is 16.5. The Kier molecular flexibility index (Phi) is 8.44. The number of aliphatic hydroxyl groups excluding tert-OH is 3. The molecule has 2 aliphatic rings. The number of hydrogen-bond donors (Lipinski definition) is 7. The standard InChI is InChI=1S/C27H36O13/c1-11(2)9-27(37)23(36)25(3,4)22(35)26(5,6)24(27)40-21-19(33)18(32)17(31)15(39-21)10-38-20(34)12-7-13(28)16(30)14(29)8-12/h7-9,15,17-19,21,24,28-33,37H,10H2,1-6H3/t15-,17-,18+,19-,21-,24-,27+/m1/s1. The van der Waals surface area contributed by atoms with Crippen molar-refractivity contribution in [3.05, 3.63) is 29.3 Å². The third-order valence-electron chi connectivity index (χ3n) is 7.27. The maximum absolute atomic E-state index is 13.4. The SMILES string of the molecule is CC(C)=C[C@]1(O)C(=O)C(C)(C)C(=O)C(C)(C)[C@H]1O[C@H]1O[C@H](COC(=O)c2cc(O)c(O)c(O)c2)[C@@H](O)[C@H](O)[C@H]1O. The molecule has 1 aromatic carbocycles. The molecule has 7 N–H and O–H groups in total. The number of esters is 1. The van der Waals surface area contributed by atoms with Gasteiger partial charge in [-0.25, -0.2) is 4.79 Å². The Morgan fingerprint density at radius 2 is 1.50 bits per heavy atom. The predicted molar refractivity (Wildman–Crippen MR) is 135 cm³/mol. The van der Waals surface area contributed by atoms with Crippen LogP contribution in [0.25, 0.3) is 0 Å². The lowest BCUT2D eigenvalue weighted by atomic mass is 9.56. The zero-order valence-corrected chi connectivity index (χ0v) is 23.0. The number of ketones is 2. The molecule has 1 aliphatic carbocycles. The Morgan fingerprint density at radius 1 is 0.950 bits per heavy atom. The maximum atomic E-state index is 13.4. The summed E-state index contributed by atoms with van der Waals surface area (Å²) >= 11 is 0. The lowest BCUT2D eigenvalue weighted by Gasteiger charge is -2.53. The number of benzene rings is 1. The summed E-state index contributed by atoms with van der Waals surface area (Å²) in [7, 11) is 0. The van der Waals surface area contributed by atoms with Crippen LogP contribution in [-0.2, 0) is 23.8 Å². The van der Waals surface area contributed by atoms with Gasteiger partial charge in [-0.2, -0.15) is 0 Å². The molecule has 3 rings (SSSR count). The zero-order valence-electron chi connectivity index (χ0n) is 23.0. The number of hydrogen-bond acceptors (Lipinski definition) is 13. The molecule has 0 unspecified atom stereocenters. The van der Waals surface area contributed by atoms with Gasteiger partial charge in [-0.05, 0) is 45.9 Å². The van der Waals surface area contributed by atoms with Crippen LogP contribution in [0, 0.1) is 10.8 Å². The second-order valence-corrected chi connectivity index (χ2v) is 11.5. The number of rotatable bonds is 6. The Hall–Kier alpha value is -3.07. The number of allylic oxidation sites excluding steroid dienone is 1. The van der Waals surface area contributed by atoms with Gasteiger partial charge in [0, 0.05) is 0 Å². The van der Waals surface area contributed by atoms with Crippen molar-refractivity contribution in [3.8, 4) is 17.2 Å². The molecule has 0 aromatic heterocycles. The molecule has 7 atom stereocenters. The van der Waals surface area contributed by atoms with Crippen LogP contribution in [0.5, 0.6) is 17.2 Å². The molecule has 1 saturated heterocycles. The Morgan fingerprint density at radius 3 is 2.02 bits per heavy atom. The molecule has 13 nitrogen and oxygen atoms in total. The fourth-order valence-electron chi connectivity index (χ4n) is 5.32. The molecular weight excluding hydrogens is 532 g/mol. The second-order valence-electron chi connectivity index (χ2n) is 11.5. The minimum Gasteiger partial charge on any atom is -0.504 e. The van der Waals surface area contributed by atoms with E-state index >= 15 is 0 Å². The largest absolute Gasteiger partial charge is 0.504 e. The molecule has 2 fully saturated rings. The first-order valence-electron chi connectivity index (χ1n) is 12.5. The number of phenols is 3. The van der Waals surface area contributed by atoms with Crippen LogP contribution in [0.2, 0.25) is 0 Å². The van der Waals surface area contributed by atoms with Crippen molar-refractivity contribution in [2.75, 3.05) is 6.61 Å². The number of ether oxygens (including phenoxy) is 3. The second kappa shape index (κ2) is 10.7. The van der Waals surface area contributed by atoms with E-state index in [1.807, 2.05) is 0 Å². The van der Waals surface area contributed by atoms with Gasteiger partial charge in [-0.15, -0.1) is 0 Å². The molecule has 1 saturated carbocycles. The van der Waals surface area contributed by atoms with Gasteiger partial charge in [0.2, 0.25) is 0 Å². The van der Waals surface area contributed by atoms with Crippen LogP contribution in [0.15, 0.2) is 23.8 Å². The highest BCUT2D eigenvalue weighted by Crippen LogP contribution is 2.48. The molecule has 0 radical (unpaired) electrons. The van der Waals surface area contributed by atoms with Crippen molar-refractivity contribution >= 4 is 17.5 Å². The molecule has 1 heterocycles. The lowest BCUT2D eigenvalue weighted by molar-refractivity contribution is -0.328. The smallest absolute Gasteiger partial charge is 0.338 e. The number of phenolic OH excluding ortho intramolecular Hbond substituents is 3. The van der Waals surface area contributed by atoms with Crippen LogP contribution in [-0.4, -0.2) is 102 Å². The number of carbonyl (C=O) groups is 3. The third-order valence-corrected chi connectivity index (χ3v) is 7.27. The zero-order chi connectivity index (χ0) is 30.5. The van der Waals surface area contributed by atoms with Crippen LogP contribution in [0.3, 0.4) is 0 Å². The minimum atomic E-state index is -2.34. The molecule has 1 aromatic rings. The Labute approximate surface area is 230 Å². The van der Waals surface area contributed by atoms with Gasteiger partial charge in [0.05, 0.1) is 16.4 Å². The summed E-state index contributed by atoms with van der Waals surface area (Å²) in [5.41, 5.74) is -5.26. The first kappa shape index (κ1) is 31.5. The molecule has 13 heteroatoms. The van der Waals surface area contributed by atoms with Crippen LogP contribution >= 0.6 is 0 Å². The topological polar surface area (TPSA) is 221 Å². The molecular formula is C27H36O13. The van der Waals surface area contributed by atoms with E-state index in [4.69, 9.17) is 14.2 Å². The highest BCUT2D eigenvalue weighted by molar-refractivity contribution is 6.15. The van der Waals surface area contributed by atoms with Gasteiger partial charge in [-0.3, -0.25) is 9.59 Å². The normalized spacial score (nSPS) is 33.4. The monoisotopic (exact) mass is 568 g/mol. The first-order valence-corrected chi connectivity index (χ1v) is 12.5. The fraction of sp³-hybridized carbons (Fsp3) is 0.593. The molecule has 40 heavy (non-hydrogen) atoms. The number of Topliss-reactive ketones (excluding diaryl/α,β-unsaturated/α-hetero) is 2. The predicted octanol–water partition coefficient (Wildman–Crippen LogP) is 0.0545. The Bertz CT molecular complexity index is 1190. The molecule has 1 aliphatic heterocycles. The van der Waals surface area contributed by atoms with E-state index in [-0.39, 0.29) is 5.56 Å². The fourth-order valence-corrected chi connectivity index (χ4v) is 5.32. The van der Waals surface area contributed by atoms with Crippen molar-refractivity contribution in [1.29, 1.82) is 0 Å². The van der Waals surface area contributed by atoms with Gasteiger partial charge in [-0.1, -0.05) is 19.4 Å². The van der Waals surface area contributed by atoms with Gasteiger partial charge < -0.3 is 50.0 Å². The third kappa shape index (κ3) is 5.32. The van der Waals surface area contributed by atoms with Crippen molar-refractivity contribution in [2.24, 2.45) is 10.8 Å². The summed E-state index contributed by atoms with van der Waals surface area (Å²) in [5.74, 6) is -4.92. The highest BCUT2D eigenvalue weighted by Gasteiger charge is 2.66. The maximum Gasteiger partial charge on any atom is 0.338 e. The molecule has 222 valence electrons. The lowest BCUT2D eigenvalue weighted by Crippen LogP contribution is -2.71. The quantitative estimate of drug-likeness (QED) is 0.105. The van der Waals surface area contributed by atoms with E-state index in [1.54, 1.807) is 13.8 Å². The highest BCUT2D eigenvalue weighted by atomic mass is 16.7. The summed E-state index contributed by atoms with van der Waals surface area (Å²) in [6, 6.07) is 1.65. The van der Waals surface area contributed by atoms with Crippen molar-refractivity contribution in [3.63, 3.8) is 0 Å². The number of aromatic hydroxyl groups is 3. The summed E-state index contributed by atoms with van der Waals surface area (Å²) in [6.45, 7) is 8.24. The molecule has 0 bridgehead atoms. The average Bonchev–Trinajstić information content (AvgIpc) is 2.86. The average molecular weight is 569 g/mol. The first-order chi connectivity index (χ1) is 18.3. The van der Waals surface area contributed by atoms with Crippen molar-refractivity contribution < 1.29 is 64.3 Å². The van der Waals surface area contributed by atoms with E-state index in [0.717, 1.165) is 12.1 Å². The van der Waals surface area contributed by atoms with Gasteiger partial charge in [0.15, 0.2) is 40.7 Å². The van der Waals surface area contributed by atoms with Crippen LogP contribution in [0.4, 0.5) is 0 Å². The van der Waals surface area contributed by atoms with Crippen LogP contribution < -0.4 is 0 Å². The number of carbonyl (C=O) groups excluding carboxylic acids is 3. The summed E-state index contributed by atoms with van der Waals surface area (Å²) in [4.78, 5) is 39.2. The summed E-state index contributed by atoms with van der Waals surface area (Å²) in [6.07, 6.45) is -9.24. The van der Waals surface area contributed by atoms with E-state index < -0.39 is 94.6 Å². The minimum absolute atomic E-state index is 0.359.